The van der Waals surface area contributed by atoms with Gasteiger partial charge in [-0.25, -0.2) is 9.59 Å². The Hall–Kier alpha value is -3.54. The van der Waals surface area contributed by atoms with E-state index in [4.69, 9.17) is 14.2 Å². The molecule has 27 heavy (non-hydrogen) atoms. The van der Waals surface area contributed by atoms with Crippen LogP contribution in [0, 0.1) is 0 Å². The van der Waals surface area contributed by atoms with E-state index >= 15 is 0 Å². The topological polar surface area (TPSA) is 71.1 Å². The van der Waals surface area contributed by atoms with Gasteiger partial charge >= 0.3 is 11.9 Å². The Morgan fingerprint density at radius 1 is 1.00 bits per heavy atom. The number of cyclic esters (lactones) is 1. The molecule has 0 radical (unpaired) electrons. The van der Waals surface area contributed by atoms with Crippen LogP contribution in [0.25, 0.3) is 11.8 Å². The Kier molecular flexibility index (Phi) is 5.26. The molecule has 0 N–H and O–H groups in total. The molecule has 1 aliphatic rings. The minimum atomic E-state index is -0.466. The van der Waals surface area contributed by atoms with Gasteiger partial charge in [-0.1, -0.05) is 12.1 Å². The molecule has 0 saturated carbocycles. The summed E-state index contributed by atoms with van der Waals surface area (Å²) in [6, 6.07) is 12.0. The predicted octanol–water partition coefficient (Wildman–Crippen LogP) is 3.47. The van der Waals surface area contributed by atoms with Gasteiger partial charge in [0.05, 0.1) is 38.0 Å². The molecule has 0 spiro atoms. The number of rotatable bonds is 5. The lowest BCUT2D eigenvalue weighted by Crippen LogP contribution is -2.00. The van der Waals surface area contributed by atoms with Crippen LogP contribution in [-0.4, -0.2) is 33.3 Å². The standard InChI is InChI=1S/C21H18O6/c1-24-16-8-9-18(25-2)17(12-16)19-11-15(21(23)27-19)10-13-4-6-14(7-5-13)20(22)26-3/h4-12H,1-3H3. The molecule has 0 atom stereocenters. The molecular weight excluding hydrogens is 348 g/mol. The van der Waals surface area contributed by atoms with E-state index in [0.717, 1.165) is 5.56 Å². The highest BCUT2D eigenvalue weighted by molar-refractivity contribution is 6.05. The van der Waals surface area contributed by atoms with E-state index < -0.39 is 11.9 Å². The Bertz CT molecular complexity index is 938. The minimum absolute atomic E-state index is 0.383. The van der Waals surface area contributed by atoms with E-state index in [0.29, 0.717) is 34.0 Å². The molecule has 0 bridgehead atoms. The van der Waals surface area contributed by atoms with Crippen molar-refractivity contribution in [2.45, 2.75) is 0 Å². The maximum Gasteiger partial charge on any atom is 0.343 e. The van der Waals surface area contributed by atoms with E-state index in [-0.39, 0.29) is 0 Å². The number of hydrogen-bond donors (Lipinski definition) is 0. The Morgan fingerprint density at radius 2 is 1.74 bits per heavy atom. The van der Waals surface area contributed by atoms with Gasteiger partial charge in [0.25, 0.3) is 0 Å². The summed E-state index contributed by atoms with van der Waals surface area (Å²) in [5.74, 6) is 0.694. The first-order valence-electron chi connectivity index (χ1n) is 8.12. The molecule has 3 rings (SSSR count). The average Bonchev–Trinajstić information content (AvgIpc) is 3.07. The fraction of sp³-hybridized carbons (Fsp3) is 0.143. The number of ether oxygens (including phenoxy) is 4. The second kappa shape index (κ2) is 7.78. The zero-order chi connectivity index (χ0) is 19.4. The van der Waals surface area contributed by atoms with Crippen molar-refractivity contribution in [3.63, 3.8) is 0 Å². The van der Waals surface area contributed by atoms with Gasteiger partial charge in [0.2, 0.25) is 0 Å². The molecule has 0 saturated heterocycles. The summed E-state index contributed by atoms with van der Waals surface area (Å²) in [5.41, 5.74) is 2.20. The number of carbonyl (C=O) groups excluding carboxylic acids is 2. The van der Waals surface area contributed by atoms with Crippen LogP contribution in [0.5, 0.6) is 11.5 Å². The number of benzene rings is 2. The van der Waals surface area contributed by atoms with Crippen LogP contribution in [0.1, 0.15) is 21.5 Å². The molecule has 0 aliphatic carbocycles. The predicted molar refractivity (Wildman–Crippen MR) is 99.4 cm³/mol. The Labute approximate surface area is 156 Å². The van der Waals surface area contributed by atoms with Gasteiger partial charge < -0.3 is 18.9 Å². The van der Waals surface area contributed by atoms with Crippen molar-refractivity contribution in [3.05, 3.63) is 70.8 Å². The van der Waals surface area contributed by atoms with Crippen LogP contribution in [0.15, 0.2) is 54.1 Å². The zero-order valence-corrected chi connectivity index (χ0v) is 15.1. The molecule has 1 heterocycles. The number of hydrogen-bond acceptors (Lipinski definition) is 6. The molecule has 2 aromatic rings. The third-order valence-corrected chi connectivity index (χ3v) is 4.05. The molecule has 0 amide bonds. The molecule has 0 aromatic heterocycles. The molecule has 2 aromatic carbocycles. The van der Waals surface area contributed by atoms with E-state index in [1.807, 2.05) is 0 Å². The summed E-state index contributed by atoms with van der Waals surface area (Å²) in [5, 5.41) is 0. The third kappa shape index (κ3) is 3.84. The van der Waals surface area contributed by atoms with E-state index in [1.165, 1.54) is 7.11 Å². The molecule has 0 unspecified atom stereocenters. The molecule has 0 fully saturated rings. The molecule has 138 valence electrons. The van der Waals surface area contributed by atoms with Gasteiger partial charge in [-0.2, -0.15) is 0 Å². The first-order valence-corrected chi connectivity index (χ1v) is 8.12. The summed E-state index contributed by atoms with van der Waals surface area (Å²) >= 11 is 0. The van der Waals surface area contributed by atoms with Crippen molar-refractivity contribution < 1.29 is 28.5 Å². The first-order chi connectivity index (χ1) is 13.0. The van der Waals surface area contributed by atoms with Gasteiger partial charge in [0.15, 0.2) is 0 Å². The Balaban J connectivity index is 1.92. The highest BCUT2D eigenvalue weighted by atomic mass is 16.5. The third-order valence-electron chi connectivity index (χ3n) is 4.05. The van der Waals surface area contributed by atoms with Crippen molar-refractivity contribution in [1.82, 2.24) is 0 Å². The smallest absolute Gasteiger partial charge is 0.343 e. The van der Waals surface area contributed by atoms with Crippen LogP contribution in [0.2, 0.25) is 0 Å². The highest BCUT2D eigenvalue weighted by Gasteiger charge is 2.24. The van der Waals surface area contributed by atoms with Crippen LogP contribution in [0.3, 0.4) is 0 Å². The summed E-state index contributed by atoms with van der Waals surface area (Å²) in [6.07, 6.45) is 3.33. The second-order valence-corrected chi connectivity index (χ2v) is 5.68. The largest absolute Gasteiger partial charge is 0.497 e. The monoisotopic (exact) mass is 366 g/mol. The molecule has 1 aliphatic heterocycles. The summed E-state index contributed by atoms with van der Waals surface area (Å²) in [6.45, 7) is 0. The number of esters is 2. The fourth-order valence-corrected chi connectivity index (χ4v) is 2.64. The van der Waals surface area contributed by atoms with Crippen LogP contribution in [-0.2, 0) is 14.3 Å². The number of methoxy groups -OCH3 is 3. The zero-order valence-electron chi connectivity index (χ0n) is 15.1. The van der Waals surface area contributed by atoms with Gasteiger partial charge in [-0.15, -0.1) is 0 Å². The van der Waals surface area contributed by atoms with Crippen molar-refractivity contribution in [2.24, 2.45) is 0 Å². The summed E-state index contributed by atoms with van der Waals surface area (Å²) < 4.78 is 20.6. The van der Waals surface area contributed by atoms with Crippen molar-refractivity contribution in [1.29, 1.82) is 0 Å². The fourth-order valence-electron chi connectivity index (χ4n) is 2.64. The molecule has 6 heteroatoms. The minimum Gasteiger partial charge on any atom is -0.497 e. The van der Waals surface area contributed by atoms with Crippen LogP contribution in [0.4, 0.5) is 0 Å². The first kappa shape index (κ1) is 18.3. The number of carbonyl (C=O) groups is 2. The lowest BCUT2D eigenvalue weighted by Gasteiger charge is -2.10. The van der Waals surface area contributed by atoms with Crippen molar-refractivity contribution >= 4 is 23.8 Å². The molecular formula is C21H18O6. The van der Waals surface area contributed by atoms with E-state index in [1.54, 1.807) is 68.8 Å². The maximum atomic E-state index is 12.2. The SMILES string of the molecule is COC(=O)c1ccc(C=C2C=C(c3cc(OC)ccc3OC)OC2=O)cc1. The van der Waals surface area contributed by atoms with E-state index in [2.05, 4.69) is 4.74 Å². The van der Waals surface area contributed by atoms with Gasteiger partial charge in [-0.05, 0) is 48.0 Å². The highest BCUT2D eigenvalue weighted by Crippen LogP contribution is 2.35. The van der Waals surface area contributed by atoms with Crippen molar-refractivity contribution in [3.8, 4) is 11.5 Å². The van der Waals surface area contributed by atoms with Crippen LogP contribution >= 0.6 is 0 Å². The van der Waals surface area contributed by atoms with Gasteiger partial charge in [-0.3, -0.25) is 0 Å². The van der Waals surface area contributed by atoms with Crippen molar-refractivity contribution in [2.75, 3.05) is 21.3 Å². The van der Waals surface area contributed by atoms with Gasteiger partial charge in [0.1, 0.15) is 17.3 Å². The lowest BCUT2D eigenvalue weighted by molar-refractivity contribution is -0.130. The maximum absolute atomic E-state index is 12.2. The van der Waals surface area contributed by atoms with Gasteiger partial charge in [0, 0.05) is 0 Å². The van der Waals surface area contributed by atoms with E-state index in [9.17, 15) is 9.59 Å². The normalized spacial score (nSPS) is 14.6. The average molecular weight is 366 g/mol. The summed E-state index contributed by atoms with van der Waals surface area (Å²) in [7, 11) is 4.43. The second-order valence-electron chi connectivity index (χ2n) is 5.68. The van der Waals surface area contributed by atoms with Crippen LogP contribution < -0.4 is 9.47 Å². The lowest BCUT2D eigenvalue weighted by atomic mass is 10.1. The Morgan fingerprint density at radius 3 is 2.37 bits per heavy atom. The molecule has 6 nitrogen and oxygen atoms in total. The quantitative estimate of drug-likeness (QED) is 0.596. The summed E-state index contributed by atoms with van der Waals surface area (Å²) in [4.78, 5) is 23.7.